The van der Waals surface area contributed by atoms with E-state index in [0.717, 1.165) is 24.7 Å². The first-order valence-electron chi connectivity index (χ1n) is 6.11. The molecule has 3 unspecified atom stereocenters. The predicted octanol–water partition coefficient (Wildman–Crippen LogP) is 0.465. The lowest BCUT2D eigenvalue weighted by atomic mass is 10.0. The van der Waals surface area contributed by atoms with Gasteiger partial charge in [0.2, 0.25) is 5.91 Å². The van der Waals surface area contributed by atoms with Gasteiger partial charge in [-0.1, -0.05) is 0 Å². The Kier molecular flexibility index (Phi) is 3.50. The van der Waals surface area contributed by atoms with Crippen LogP contribution in [0.5, 0.6) is 0 Å². The van der Waals surface area contributed by atoms with Gasteiger partial charge in [-0.2, -0.15) is 0 Å². The maximum atomic E-state index is 12.1. The van der Waals surface area contributed by atoms with Crippen molar-refractivity contribution < 1.29 is 9.53 Å². The van der Waals surface area contributed by atoms with Gasteiger partial charge in [0.1, 0.15) is 0 Å². The zero-order valence-corrected chi connectivity index (χ0v) is 10.2. The van der Waals surface area contributed by atoms with Gasteiger partial charge in [-0.05, 0) is 31.1 Å². The summed E-state index contributed by atoms with van der Waals surface area (Å²) in [6.07, 6.45) is 3.57. The molecule has 16 heavy (non-hydrogen) atoms. The monoisotopic (exact) mass is 226 g/mol. The number of hydrogen-bond acceptors (Lipinski definition) is 3. The average Bonchev–Trinajstić information content (AvgIpc) is 2.85. The van der Waals surface area contributed by atoms with Gasteiger partial charge in [0.05, 0.1) is 6.61 Å². The summed E-state index contributed by atoms with van der Waals surface area (Å²) in [6.45, 7) is 1.10. The molecule has 2 saturated carbocycles. The van der Waals surface area contributed by atoms with Gasteiger partial charge in [-0.15, -0.1) is 0 Å². The lowest BCUT2D eigenvalue weighted by molar-refractivity contribution is -0.134. The molecule has 0 radical (unpaired) electrons. The Morgan fingerprint density at radius 2 is 2.06 bits per heavy atom. The van der Waals surface area contributed by atoms with Crippen LogP contribution in [0.4, 0.5) is 0 Å². The quantitative estimate of drug-likeness (QED) is 0.741. The minimum absolute atomic E-state index is 0.0742. The SMILES string of the molecule is COCC(N)CN(C)C(=O)C1CC2CC2C1. The van der Waals surface area contributed by atoms with Crippen molar-refractivity contribution in [3.63, 3.8) is 0 Å². The third-order valence-corrected chi connectivity index (χ3v) is 3.86. The second-order valence-corrected chi connectivity index (χ2v) is 5.36. The Bertz CT molecular complexity index is 260. The van der Waals surface area contributed by atoms with Crippen LogP contribution >= 0.6 is 0 Å². The molecule has 0 heterocycles. The molecule has 0 aliphatic heterocycles. The Morgan fingerprint density at radius 1 is 1.44 bits per heavy atom. The van der Waals surface area contributed by atoms with Crippen LogP contribution in [0.3, 0.4) is 0 Å². The molecule has 0 aromatic heterocycles. The van der Waals surface area contributed by atoms with Crippen molar-refractivity contribution in [2.45, 2.75) is 25.3 Å². The Morgan fingerprint density at radius 3 is 2.62 bits per heavy atom. The number of carbonyl (C=O) groups excluding carboxylic acids is 1. The standard InChI is InChI=1S/C12H22N2O2/c1-14(6-11(13)7-16-2)12(15)10-4-8-3-9(8)5-10/h8-11H,3-7,13H2,1-2H3. The number of carbonyl (C=O) groups is 1. The van der Waals surface area contributed by atoms with Crippen molar-refractivity contribution in [3.05, 3.63) is 0 Å². The van der Waals surface area contributed by atoms with Gasteiger partial charge in [-0.3, -0.25) is 4.79 Å². The normalized spacial score (nSPS) is 33.3. The van der Waals surface area contributed by atoms with E-state index in [0.29, 0.717) is 13.2 Å². The van der Waals surface area contributed by atoms with Crippen LogP contribution in [-0.4, -0.2) is 44.2 Å². The predicted molar refractivity (Wildman–Crippen MR) is 61.8 cm³/mol. The number of hydrogen-bond donors (Lipinski definition) is 1. The third-order valence-electron chi connectivity index (χ3n) is 3.86. The van der Waals surface area contributed by atoms with Crippen LogP contribution in [0.15, 0.2) is 0 Å². The number of rotatable bonds is 5. The average molecular weight is 226 g/mol. The molecule has 0 saturated heterocycles. The fraction of sp³-hybridized carbons (Fsp3) is 0.917. The minimum atomic E-state index is -0.0742. The zero-order valence-electron chi connectivity index (χ0n) is 10.2. The molecule has 0 aromatic carbocycles. The first-order valence-corrected chi connectivity index (χ1v) is 6.11. The van der Waals surface area contributed by atoms with E-state index in [2.05, 4.69) is 0 Å². The number of likely N-dealkylation sites (N-methyl/N-ethyl adjacent to an activating group) is 1. The highest BCUT2D eigenvalue weighted by Crippen LogP contribution is 2.54. The molecule has 4 heteroatoms. The second kappa shape index (κ2) is 4.72. The number of nitrogens with zero attached hydrogens (tertiary/aromatic N) is 1. The van der Waals surface area contributed by atoms with Gasteiger partial charge < -0.3 is 15.4 Å². The molecule has 2 fully saturated rings. The zero-order chi connectivity index (χ0) is 11.7. The summed E-state index contributed by atoms with van der Waals surface area (Å²) >= 11 is 0. The van der Waals surface area contributed by atoms with Crippen LogP contribution in [0.1, 0.15) is 19.3 Å². The molecule has 2 aliphatic carbocycles. The van der Waals surface area contributed by atoms with E-state index in [-0.39, 0.29) is 17.9 Å². The molecule has 0 aromatic rings. The van der Waals surface area contributed by atoms with Gasteiger partial charge in [0, 0.05) is 32.7 Å². The van der Waals surface area contributed by atoms with Gasteiger partial charge >= 0.3 is 0 Å². The Labute approximate surface area is 97.1 Å². The molecule has 2 aliphatic rings. The van der Waals surface area contributed by atoms with Crippen molar-refractivity contribution in [1.82, 2.24) is 4.90 Å². The molecule has 2 rings (SSSR count). The van der Waals surface area contributed by atoms with Gasteiger partial charge in [0.15, 0.2) is 0 Å². The molecule has 92 valence electrons. The molecule has 1 amide bonds. The lowest BCUT2D eigenvalue weighted by Gasteiger charge is -2.24. The molecular formula is C12H22N2O2. The largest absolute Gasteiger partial charge is 0.383 e. The highest BCUT2D eigenvalue weighted by atomic mass is 16.5. The van der Waals surface area contributed by atoms with Crippen molar-refractivity contribution in [3.8, 4) is 0 Å². The van der Waals surface area contributed by atoms with E-state index in [1.165, 1.54) is 6.42 Å². The summed E-state index contributed by atoms with van der Waals surface area (Å²) in [5, 5.41) is 0. The first kappa shape index (κ1) is 11.9. The van der Waals surface area contributed by atoms with E-state index in [1.807, 2.05) is 7.05 Å². The molecular weight excluding hydrogens is 204 g/mol. The number of ether oxygens (including phenoxy) is 1. The third kappa shape index (κ3) is 2.55. The van der Waals surface area contributed by atoms with E-state index < -0.39 is 0 Å². The van der Waals surface area contributed by atoms with E-state index in [1.54, 1.807) is 12.0 Å². The number of methoxy groups -OCH3 is 1. The van der Waals surface area contributed by atoms with Crippen molar-refractivity contribution >= 4 is 5.91 Å². The van der Waals surface area contributed by atoms with E-state index in [9.17, 15) is 4.79 Å². The molecule has 4 nitrogen and oxygen atoms in total. The van der Waals surface area contributed by atoms with Crippen molar-refractivity contribution in [2.75, 3.05) is 27.3 Å². The Balaban J connectivity index is 1.75. The smallest absolute Gasteiger partial charge is 0.225 e. The number of fused-ring (bicyclic) bond motifs is 1. The summed E-state index contributed by atoms with van der Waals surface area (Å²) in [5.41, 5.74) is 5.84. The fourth-order valence-corrected chi connectivity index (χ4v) is 2.94. The summed E-state index contributed by atoms with van der Waals surface area (Å²) < 4.78 is 4.97. The maximum Gasteiger partial charge on any atom is 0.225 e. The van der Waals surface area contributed by atoms with Crippen molar-refractivity contribution in [1.29, 1.82) is 0 Å². The van der Waals surface area contributed by atoms with Crippen molar-refractivity contribution in [2.24, 2.45) is 23.5 Å². The summed E-state index contributed by atoms with van der Waals surface area (Å²) in [4.78, 5) is 13.9. The van der Waals surface area contributed by atoms with Crippen LogP contribution in [0.2, 0.25) is 0 Å². The summed E-state index contributed by atoms with van der Waals surface area (Å²) in [5.74, 6) is 2.26. The van der Waals surface area contributed by atoms with Crippen LogP contribution in [0, 0.1) is 17.8 Å². The number of nitrogens with two attached hydrogens (primary N) is 1. The van der Waals surface area contributed by atoms with E-state index >= 15 is 0 Å². The maximum absolute atomic E-state index is 12.1. The van der Waals surface area contributed by atoms with Crippen LogP contribution in [-0.2, 0) is 9.53 Å². The fourth-order valence-electron chi connectivity index (χ4n) is 2.94. The summed E-state index contributed by atoms with van der Waals surface area (Å²) in [6, 6.07) is -0.0742. The van der Waals surface area contributed by atoms with Gasteiger partial charge in [-0.25, -0.2) is 0 Å². The molecule has 0 spiro atoms. The van der Waals surface area contributed by atoms with E-state index in [4.69, 9.17) is 10.5 Å². The molecule has 3 atom stereocenters. The van der Waals surface area contributed by atoms with Gasteiger partial charge in [0.25, 0.3) is 0 Å². The molecule has 2 N–H and O–H groups in total. The number of amides is 1. The summed E-state index contributed by atoms with van der Waals surface area (Å²) in [7, 11) is 3.48. The van der Waals surface area contributed by atoms with Crippen LogP contribution < -0.4 is 5.73 Å². The highest BCUT2D eigenvalue weighted by molar-refractivity contribution is 5.79. The minimum Gasteiger partial charge on any atom is -0.383 e. The second-order valence-electron chi connectivity index (χ2n) is 5.36. The first-order chi connectivity index (χ1) is 7.61. The lowest BCUT2D eigenvalue weighted by Crippen LogP contribution is -2.43. The topological polar surface area (TPSA) is 55.6 Å². The highest BCUT2D eigenvalue weighted by Gasteiger charge is 2.48. The Hall–Kier alpha value is -0.610. The van der Waals surface area contributed by atoms with Crippen LogP contribution in [0.25, 0.3) is 0 Å². The molecule has 0 bridgehead atoms.